The van der Waals surface area contributed by atoms with Crippen LogP contribution >= 0.6 is 0 Å². The van der Waals surface area contributed by atoms with Crippen molar-refractivity contribution in [3.05, 3.63) is 29.8 Å². The topological polar surface area (TPSA) is 79.2 Å². The number of rotatable bonds is 5. The fraction of sp³-hybridized carbons (Fsp3) is 0.471. The summed E-state index contributed by atoms with van der Waals surface area (Å²) in [7, 11) is 0. The number of amides is 1. The van der Waals surface area contributed by atoms with E-state index in [0.717, 1.165) is 24.3 Å². The predicted molar refractivity (Wildman–Crippen MR) is 81.8 cm³/mol. The van der Waals surface area contributed by atoms with Gasteiger partial charge in [-0.25, -0.2) is 0 Å². The van der Waals surface area contributed by atoms with Crippen LogP contribution in [0.4, 0.5) is 26.3 Å². The van der Waals surface area contributed by atoms with Gasteiger partial charge in [0.1, 0.15) is 5.75 Å². The van der Waals surface area contributed by atoms with Crippen LogP contribution in [0.3, 0.4) is 0 Å². The number of carbonyl (C=O) groups excluding carboxylic acids is 2. The number of ether oxygens (including phenoxy) is 1. The summed E-state index contributed by atoms with van der Waals surface area (Å²) in [5.41, 5.74) is -3.45. The Morgan fingerprint density at radius 2 is 1.75 bits per heavy atom. The number of nitriles is 1. The molecule has 1 fully saturated rings. The second-order valence-corrected chi connectivity index (χ2v) is 6.19. The molecule has 1 aliphatic heterocycles. The van der Waals surface area contributed by atoms with E-state index < -0.39 is 53.9 Å². The highest BCUT2D eigenvalue weighted by Gasteiger charge is 2.61. The lowest BCUT2D eigenvalue weighted by atomic mass is 9.77. The van der Waals surface area contributed by atoms with Gasteiger partial charge in [0.25, 0.3) is 0 Å². The minimum Gasteiger partial charge on any atom is -0.494 e. The maximum atomic E-state index is 13.7. The Morgan fingerprint density at radius 1 is 1.14 bits per heavy atom. The zero-order valence-corrected chi connectivity index (χ0v) is 14.2. The first kappa shape index (κ1) is 21.5. The molecule has 0 bridgehead atoms. The molecule has 1 N–H and O–H groups in total. The Balaban J connectivity index is 2.19. The fourth-order valence-corrected chi connectivity index (χ4v) is 2.77. The SMILES string of the molecule is N#CC1C(=O)CC(c2ccc(OCCCC(F)(F)F)cc2)(C(F)(F)F)NC1=O. The van der Waals surface area contributed by atoms with Crippen molar-refractivity contribution in [1.29, 1.82) is 5.26 Å². The lowest BCUT2D eigenvalue weighted by Gasteiger charge is -2.40. The van der Waals surface area contributed by atoms with Crippen LogP contribution in [0.2, 0.25) is 0 Å². The Labute approximate surface area is 155 Å². The molecule has 0 spiro atoms. The van der Waals surface area contributed by atoms with Crippen molar-refractivity contribution in [2.45, 2.75) is 37.2 Å². The normalized spacial score (nSPS) is 23.1. The first-order valence-corrected chi connectivity index (χ1v) is 8.01. The van der Waals surface area contributed by atoms with Crippen LogP contribution < -0.4 is 10.1 Å². The van der Waals surface area contributed by atoms with E-state index in [4.69, 9.17) is 10.00 Å². The molecule has 2 atom stereocenters. The molecular formula is C17H14F6N2O3. The maximum absolute atomic E-state index is 13.7. The number of hydrogen-bond donors (Lipinski definition) is 1. The lowest BCUT2D eigenvalue weighted by molar-refractivity contribution is -0.209. The second-order valence-electron chi connectivity index (χ2n) is 6.19. The van der Waals surface area contributed by atoms with E-state index in [0.29, 0.717) is 0 Å². The van der Waals surface area contributed by atoms with Gasteiger partial charge in [0.05, 0.1) is 12.7 Å². The molecule has 0 radical (unpaired) electrons. The highest BCUT2D eigenvalue weighted by atomic mass is 19.4. The number of benzene rings is 1. The summed E-state index contributed by atoms with van der Waals surface area (Å²) in [6.45, 7) is -0.289. The minimum absolute atomic E-state index is 0.0339. The third kappa shape index (κ3) is 4.55. The third-order valence-electron chi connectivity index (χ3n) is 4.19. The third-order valence-corrected chi connectivity index (χ3v) is 4.19. The summed E-state index contributed by atoms with van der Waals surface area (Å²) in [4.78, 5) is 23.7. The van der Waals surface area contributed by atoms with Crippen molar-refractivity contribution in [1.82, 2.24) is 5.32 Å². The van der Waals surface area contributed by atoms with E-state index in [9.17, 15) is 35.9 Å². The lowest BCUT2D eigenvalue weighted by Crippen LogP contribution is -2.62. The smallest absolute Gasteiger partial charge is 0.416 e. The molecule has 1 heterocycles. The molecule has 0 aliphatic carbocycles. The molecule has 152 valence electrons. The summed E-state index contributed by atoms with van der Waals surface area (Å²) in [5, 5.41) is 10.5. The van der Waals surface area contributed by atoms with E-state index in [2.05, 4.69) is 0 Å². The van der Waals surface area contributed by atoms with Crippen LogP contribution in [0.5, 0.6) is 5.75 Å². The number of hydrogen-bond acceptors (Lipinski definition) is 4. The zero-order chi connectivity index (χ0) is 21.2. The molecular weight excluding hydrogens is 394 g/mol. The standard InChI is InChI=1S/C17H14F6N2O3/c18-16(19,20)6-1-7-28-11-4-2-10(3-5-11)15(17(21,22)23)8-13(26)12(9-24)14(27)25-15/h2-5,12H,1,6-8H2,(H,25,27). The number of piperidine rings is 1. The van der Waals surface area contributed by atoms with Gasteiger partial charge in [-0.2, -0.15) is 31.6 Å². The first-order chi connectivity index (χ1) is 12.9. The van der Waals surface area contributed by atoms with Gasteiger partial charge in [0.15, 0.2) is 17.2 Å². The average Bonchev–Trinajstić information content (AvgIpc) is 2.57. The van der Waals surface area contributed by atoms with Crippen molar-refractivity contribution < 1.29 is 40.7 Å². The summed E-state index contributed by atoms with van der Waals surface area (Å²) in [5.74, 6) is -4.28. The zero-order valence-electron chi connectivity index (χ0n) is 14.2. The van der Waals surface area contributed by atoms with Gasteiger partial charge < -0.3 is 10.1 Å². The summed E-state index contributed by atoms with van der Waals surface area (Å²) in [6.07, 6.45) is -11.9. The van der Waals surface area contributed by atoms with E-state index in [-0.39, 0.29) is 18.8 Å². The molecule has 11 heteroatoms. The van der Waals surface area contributed by atoms with Crippen molar-refractivity contribution in [3.63, 3.8) is 0 Å². The molecule has 1 aromatic rings. The number of Topliss-reactive ketones (excluding diaryl/α,β-unsaturated/α-hetero) is 1. The van der Waals surface area contributed by atoms with E-state index in [1.165, 1.54) is 6.07 Å². The maximum Gasteiger partial charge on any atom is 0.416 e. The Kier molecular flexibility index (Phi) is 5.91. The van der Waals surface area contributed by atoms with Crippen LogP contribution in [0.15, 0.2) is 24.3 Å². The van der Waals surface area contributed by atoms with Crippen LogP contribution in [-0.4, -0.2) is 30.6 Å². The molecule has 1 amide bonds. The predicted octanol–water partition coefficient (Wildman–Crippen LogP) is 3.39. The Morgan fingerprint density at radius 3 is 2.21 bits per heavy atom. The highest BCUT2D eigenvalue weighted by molar-refractivity contribution is 6.07. The van der Waals surface area contributed by atoms with Gasteiger partial charge in [0.2, 0.25) is 5.91 Å². The fourth-order valence-electron chi connectivity index (χ4n) is 2.77. The number of carbonyl (C=O) groups is 2. The monoisotopic (exact) mass is 408 g/mol. The summed E-state index contributed by atoms with van der Waals surface area (Å²) >= 11 is 0. The molecule has 2 unspecified atom stereocenters. The van der Waals surface area contributed by atoms with Crippen LogP contribution in [0.25, 0.3) is 0 Å². The van der Waals surface area contributed by atoms with Gasteiger partial charge in [-0.3, -0.25) is 9.59 Å². The summed E-state index contributed by atoms with van der Waals surface area (Å²) in [6, 6.07) is 5.49. The van der Waals surface area contributed by atoms with Crippen molar-refractivity contribution in [3.8, 4) is 11.8 Å². The van der Waals surface area contributed by atoms with Gasteiger partial charge in [0, 0.05) is 12.8 Å². The summed E-state index contributed by atoms with van der Waals surface area (Å²) < 4.78 is 82.5. The largest absolute Gasteiger partial charge is 0.494 e. The minimum atomic E-state index is -5.03. The average molecular weight is 408 g/mol. The van der Waals surface area contributed by atoms with Crippen LogP contribution in [0.1, 0.15) is 24.8 Å². The van der Waals surface area contributed by atoms with Gasteiger partial charge in [-0.1, -0.05) is 12.1 Å². The van der Waals surface area contributed by atoms with Crippen molar-refractivity contribution in [2.24, 2.45) is 5.92 Å². The molecule has 0 saturated carbocycles. The molecule has 1 aromatic carbocycles. The van der Waals surface area contributed by atoms with Gasteiger partial charge in [-0.05, 0) is 24.1 Å². The molecule has 1 saturated heterocycles. The van der Waals surface area contributed by atoms with Gasteiger partial charge in [-0.15, -0.1) is 0 Å². The van der Waals surface area contributed by atoms with E-state index in [1.54, 1.807) is 5.32 Å². The van der Waals surface area contributed by atoms with Crippen LogP contribution in [0, 0.1) is 17.2 Å². The molecule has 2 rings (SSSR count). The molecule has 1 aliphatic rings. The second kappa shape index (κ2) is 7.69. The Bertz CT molecular complexity index is 762. The number of alkyl halides is 6. The van der Waals surface area contributed by atoms with E-state index >= 15 is 0 Å². The number of nitrogens with one attached hydrogen (secondary N) is 1. The molecule has 28 heavy (non-hydrogen) atoms. The van der Waals surface area contributed by atoms with Gasteiger partial charge >= 0.3 is 12.4 Å². The molecule has 0 aromatic heterocycles. The first-order valence-electron chi connectivity index (χ1n) is 8.01. The number of ketones is 1. The molecule has 5 nitrogen and oxygen atoms in total. The van der Waals surface area contributed by atoms with E-state index in [1.807, 2.05) is 0 Å². The highest BCUT2D eigenvalue weighted by Crippen LogP contribution is 2.44. The van der Waals surface area contributed by atoms with Crippen molar-refractivity contribution >= 4 is 11.7 Å². The Hall–Kier alpha value is -2.77. The van der Waals surface area contributed by atoms with Crippen molar-refractivity contribution in [2.75, 3.05) is 6.61 Å². The van der Waals surface area contributed by atoms with Crippen LogP contribution in [-0.2, 0) is 15.1 Å². The quantitative estimate of drug-likeness (QED) is 0.460. The number of halogens is 6. The number of nitrogens with zero attached hydrogens (tertiary/aromatic N) is 1.